The molecule has 1 N–H and O–H groups in total. The van der Waals surface area contributed by atoms with Gasteiger partial charge in [0.2, 0.25) is 5.95 Å². The number of amides is 1. The Kier molecular flexibility index (Phi) is 6.41. The minimum atomic E-state index is -0.0951. The molecule has 1 amide bonds. The van der Waals surface area contributed by atoms with Crippen LogP contribution in [0.4, 0.5) is 11.6 Å². The first-order valence-corrected chi connectivity index (χ1v) is 8.21. The van der Waals surface area contributed by atoms with Gasteiger partial charge < -0.3 is 19.7 Å². The second-order valence-corrected chi connectivity index (χ2v) is 5.49. The molecule has 2 aromatic rings. The van der Waals surface area contributed by atoms with Crippen molar-refractivity contribution in [3.63, 3.8) is 0 Å². The van der Waals surface area contributed by atoms with Gasteiger partial charge in [-0.05, 0) is 13.8 Å². The van der Waals surface area contributed by atoms with Crippen LogP contribution in [0.1, 0.15) is 24.2 Å². The Hall–Kier alpha value is -2.54. The van der Waals surface area contributed by atoms with Crippen molar-refractivity contribution in [3.05, 3.63) is 35.1 Å². The van der Waals surface area contributed by atoms with Crippen molar-refractivity contribution in [1.29, 1.82) is 0 Å². The zero-order valence-corrected chi connectivity index (χ0v) is 15.4. The molecule has 0 saturated heterocycles. The Bertz CT molecular complexity index is 733. The lowest BCUT2D eigenvalue weighted by Crippen LogP contribution is -2.30. The number of ether oxygens (including phenoxy) is 2. The molecule has 0 fully saturated rings. The number of anilines is 2. The van der Waals surface area contributed by atoms with Gasteiger partial charge in [-0.25, -0.2) is 9.97 Å². The van der Waals surface area contributed by atoms with Gasteiger partial charge in [-0.15, -0.1) is 0 Å². The second-order valence-electron chi connectivity index (χ2n) is 5.08. The molecule has 134 valence electrons. The van der Waals surface area contributed by atoms with E-state index in [0.29, 0.717) is 46.8 Å². The van der Waals surface area contributed by atoms with Crippen molar-refractivity contribution in [2.24, 2.45) is 0 Å². The zero-order valence-electron chi connectivity index (χ0n) is 14.7. The highest BCUT2D eigenvalue weighted by Crippen LogP contribution is 2.36. The molecule has 0 spiro atoms. The number of nitrogens with zero attached hydrogens (tertiary/aromatic N) is 3. The number of hydrogen-bond acceptors (Lipinski definition) is 6. The van der Waals surface area contributed by atoms with E-state index in [-0.39, 0.29) is 5.91 Å². The van der Waals surface area contributed by atoms with Gasteiger partial charge in [-0.1, -0.05) is 11.6 Å². The average molecular weight is 365 g/mol. The van der Waals surface area contributed by atoms with Gasteiger partial charge in [0.05, 0.1) is 30.5 Å². The van der Waals surface area contributed by atoms with E-state index in [2.05, 4.69) is 15.3 Å². The summed E-state index contributed by atoms with van der Waals surface area (Å²) in [6, 6.07) is 3.33. The van der Waals surface area contributed by atoms with Crippen LogP contribution in [0.15, 0.2) is 24.5 Å². The van der Waals surface area contributed by atoms with Crippen LogP contribution in [0.3, 0.4) is 0 Å². The van der Waals surface area contributed by atoms with E-state index in [4.69, 9.17) is 21.1 Å². The molecule has 8 heteroatoms. The summed E-state index contributed by atoms with van der Waals surface area (Å²) in [5.41, 5.74) is 1.04. The highest BCUT2D eigenvalue weighted by molar-refractivity contribution is 6.32. The van der Waals surface area contributed by atoms with Crippen molar-refractivity contribution in [1.82, 2.24) is 14.9 Å². The van der Waals surface area contributed by atoms with Gasteiger partial charge in [0.1, 0.15) is 11.5 Å². The Morgan fingerprint density at radius 1 is 1.12 bits per heavy atom. The van der Waals surface area contributed by atoms with E-state index in [0.717, 1.165) is 0 Å². The highest BCUT2D eigenvalue weighted by Gasteiger charge is 2.15. The van der Waals surface area contributed by atoms with Gasteiger partial charge in [0, 0.05) is 37.6 Å². The first-order valence-electron chi connectivity index (χ1n) is 7.83. The molecular formula is C17H21ClN4O3. The molecule has 1 aromatic carbocycles. The topological polar surface area (TPSA) is 76.6 Å². The van der Waals surface area contributed by atoms with Crippen molar-refractivity contribution in [2.45, 2.75) is 13.8 Å². The maximum atomic E-state index is 12.3. The fourth-order valence-corrected chi connectivity index (χ4v) is 2.51. The lowest BCUT2D eigenvalue weighted by atomic mass is 10.2. The van der Waals surface area contributed by atoms with Gasteiger partial charge in [-0.3, -0.25) is 4.79 Å². The largest absolute Gasteiger partial charge is 0.495 e. The first-order chi connectivity index (χ1) is 12.0. The third-order valence-electron chi connectivity index (χ3n) is 3.67. The molecule has 0 saturated carbocycles. The van der Waals surface area contributed by atoms with Crippen LogP contribution in [-0.4, -0.2) is 48.1 Å². The van der Waals surface area contributed by atoms with Crippen LogP contribution >= 0.6 is 11.6 Å². The van der Waals surface area contributed by atoms with Gasteiger partial charge in [0.25, 0.3) is 5.91 Å². The number of benzene rings is 1. The molecule has 0 radical (unpaired) electrons. The van der Waals surface area contributed by atoms with Crippen LogP contribution in [-0.2, 0) is 0 Å². The van der Waals surface area contributed by atoms with Crippen molar-refractivity contribution >= 4 is 29.1 Å². The molecule has 0 atom stereocenters. The van der Waals surface area contributed by atoms with Gasteiger partial charge in [0.15, 0.2) is 0 Å². The van der Waals surface area contributed by atoms with Crippen LogP contribution in [0.2, 0.25) is 5.02 Å². The van der Waals surface area contributed by atoms with Crippen LogP contribution in [0, 0.1) is 0 Å². The molecule has 7 nitrogen and oxygen atoms in total. The van der Waals surface area contributed by atoms with E-state index >= 15 is 0 Å². The minimum Gasteiger partial charge on any atom is -0.495 e. The molecule has 2 rings (SSSR count). The summed E-state index contributed by atoms with van der Waals surface area (Å²) in [7, 11) is 3.07. The molecule has 0 aliphatic rings. The van der Waals surface area contributed by atoms with Crippen LogP contribution in [0.5, 0.6) is 11.5 Å². The van der Waals surface area contributed by atoms with E-state index in [9.17, 15) is 4.79 Å². The Morgan fingerprint density at radius 3 is 2.24 bits per heavy atom. The molecule has 1 aromatic heterocycles. The predicted molar refractivity (Wildman–Crippen MR) is 97.1 cm³/mol. The number of rotatable bonds is 7. The molecule has 0 bridgehead atoms. The molecule has 0 unspecified atom stereocenters. The number of aromatic nitrogens is 2. The van der Waals surface area contributed by atoms with E-state index in [1.165, 1.54) is 26.6 Å². The normalized spacial score (nSPS) is 10.3. The lowest BCUT2D eigenvalue weighted by molar-refractivity contribution is 0.0772. The van der Waals surface area contributed by atoms with Crippen molar-refractivity contribution in [3.8, 4) is 11.5 Å². The van der Waals surface area contributed by atoms with E-state index < -0.39 is 0 Å². The number of carbonyl (C=O) groups excluding carboxylic acids is 1. The quantitative estimate of drug-likeness (QED) is 0.811. The Morgan fingerprint density at radius 2 is 1.72 bits per heavy atom. The number of methoxy groups -OCH3 is 2. The highest BCUT2D eigenvalue weighted by atomic mass is 35.5. The molecule has 1 heterocycles. The fraction of sp³-hybridized carbons (Fsp3) is 0.353. The van der Waals surface area contributed by atoms with E-state index in [1.807, 2.05) is 13.8 Å². The predicted octanol–water partition coefficient (Wildman–Crippen LogP) is 3.37. The summed E-state index contributed by atoms with van der Waals surface area (Å²) in [5.74, 6) is 1.26. The summed E-state index contributed by atoms with van der Waals surface area (Å²) in [5, 5.41) is 3.47. The molecular weight excluding hydrogens is 344 g/mol. The Labute approximate surface area is 151 Å². The third kappa shape index (κ3) is 4.30. The lowest BCUT2D eigenvalue weighted by Gasteiger charge is -2.18. The van der Waals surface area contributed by atoms with Crippen LogP contribution in [0.25, 0.3) is 0 Å². The van der Waals surface area contributed by atoms with Crippen molar-refractivity contribution < 1.29 is 14.3 Å². The smallest absolute Gasteiger partial charge is 0.256 e. The fourth-order valence-electron chi connectivity index (χ4n) is 2.28. The number of hydrogen-bond donors (Lipinski definition) is 1. The maximum Gasteiger partial charge on any atom is 0.256 e. The molecule has 0 aliphatic carbocycles. The summed E-state index contributed by atoms with van der Waals surface area (Å²) in [6.07, 6.45) is 2.99. The average Bonchev–Trinajstić information content (AvgIpc) is 2.64. The second kappa shape index (κ2) is 8.53. The SMILES string of the molecule is CCN(CC)C(=O)c1cnc(Nc2cc(OC)c(Cl)cc2OC)nc1. The van der Waals surface area contributed by atoms with Crippen LogP contribution < -0.4 is 14.8 Å². The number of carbonyl (C=O) groups is 1. The third-order valence-corrected chi connectivity index (χ3v) is 3.97. The van der Waals surface area contributed by atoms with Crippen molar-refractivity contribution in [2.75, 3.05) is 32.6 Å². The zero-order chi connectivity index (χ0) is 18.4. The molecule has 0 aliphatic heterocycles. The summed E-state index contributed by atoms with van der Waals surface area (Å²) >= 11 is 6.09. The maximum absolute atomic E-state index is 12.3. The minimum absolute atomic E-state index is 0.0951. The summed E-state index contributed by atoms with van der Waals surface area (Å²) in [4.78, 5) is 22.4. The summed E-state index contributed by atoms with van der Waals surface area (Å²) in [6.45, 7) is 5.13. The van der Waals surface area contributed by atoms with Gasteiger partial charge in [-0.2, -0.15) is 0 Å². The summed E-state index contributed by atoms with van der Waals surface area (Å²) < 4.78 is 10.5. The first kappa shape index (κ1) is 18.8. The Balaban J connectivity index is 2.23. The van der Waals surface area contributed by atoms with Gasteiger partial charge >= 0.3 is 0 Å². The molecule has 25 heavy (non-hydrogen) atoms. The monoisotopic (exact) mass is 364 g/mol. The van der Waals surface area contributed by atoms with E-state index in [1.54, 1.807) is 17.0 Å². The number of halogens is 1. The standard InChI is InChI=1S/C17H21ClN4O3/c1-5-22(6-2)16(23)11-9-19-17(20-10-11)21-13-8-14(24-3)12(18)7-15(13)25-4/h7-10H,5-6H2,1-4H3,(H,19,20,21). The number of nitrogens with one attached hydrogen (secondary N) is 1.